The number of nitrogens with zero attached hydrogens (tertiary/aromatic N) is 1. The van der Waals surface area contributed by atoms with Crippen molar-refractivity contribution in [2.75, 3.05) is 13.1 Å². The van der Waals surface area contributed by atoms with Crippen LogP contribution >= 0.6 is 11.3 Å². The van der Waals surface area contributed by atoms with Crippen molar-refractivity contribution < 1.29 is 9.90 Å². The van der Waals surface area contributed by atoms with Gasteiger partial charge in [-0.25, -0.2) is 0 Å². The molecule has 114 valence electrons. The summed E-state index contributed by atoms with van der Waals surface area (Å²) < 4.78 is 0. The van der Waals surface area contributed by atoms with E-state index in [1.807, 2.05) is 0 Å². The fourth-order valence-corrected chi connectivity index (χ4v) is 4.71. The maximum atomic E-state index is 12.7. The number of benzene rings is 1. The highest BCUT2D eigenvalue weighted by Gasteiger charge is 2.26. The minimum Gasteiger partial charge on any atom is -0.391 e. The SMILES string of the molecule is O=C(c1cc2c(s1)-c1ccccc1CC2)N1CCCC(O)C1. The number of aryl methyl sites for hydroxylation is 2. The van der Waals surface area contributed by atoms with Gasteiger partial charge in [0.05, 0.1) is 11.0 Å². The second kappa shape index (κ2) is 5.52. The maximum absolute atomic E-state index is 12.7. The fraction of sp³-hybridized carbons (Fsp3) is 0.389. The molecule has 1 atom stereocenters. The van der Waals surface area contributed by atoms with Crippen LogP contribution in [0.1, 0.15) is 33.6 Å². The molecule has 0 bridgehead atoms. The number of hydrogen-bond donors (Lipinski definition) is 1. The van der Waals surface area contributed by atoms with Crippen LogP contribution in [0.25, 0.3) is 10.4 Å². The average Bonchev–Trinajstić information content (AvgIpc) is 2.99. The van der Waals surface area contributed by atoms with Gasteiger partial charge in [-0.15, -0.1) is 11.3 Å². The fourth-order valence-electron chi connectivity index (χ4n) is 3.47. The Morgan fingerprint density at radius 3 is 2.91 bits per heavy atom. The smallest absolute Gasteiger partial charge is 0.264 e. The standard InChI is InChI=1S/C18H19NO2S/c20-14-5-3-9-19(11-14)18(21)16-10-13-8-7-12-4-1-2-6-15(12)17(13)22-16/h1-2,4,6,10,14,20H,3,5,7-9,11H2. The van der Waals surface area contributed by atoms with Crippen molar-refractivity contribution in [3.8, 4) is 10.4 Å². The van der Waals surface area contributed by atoms with Crippen molar-refractivity contribution in [3.05, 3.63) is 46.3 Å². The van der Waals surface area contributed by atoms with Crippen LogP contribution in [0.3, 0.4) is 0 Å². The van der Waals surface area contributed by atoms with Gasteiger partial charge in [-0.2, -0.15) is 0 Å². The van der Waals surface area contributed by atoms with Gasteiger partial charge in [-0.05, 0) is 48.4 Å². The van der Waals surface area contributed by atoms with Gasteiger partial charge in [0.15, 0.2) is 0 Å². The highest BCUT2D eigenvalue weighted by Crippen LogP contribution is 2.39. The topological polar surface area (TPSA) is 40.5 Å². The van der Waals surface area contributed by atoms with Crippen LogP contribution in [0.15, 0.2) is 30.3 Å². The normalized spacial score (nSPS) is 20.4. The first-order chi connectivity index (χ1) is 10.7. The lowest BCUT2D eigenvalue weighted by atomic mass is 9.91. The Balaban J connectivity index is 1.66. The van der Waals surface area contributed by atoms with Gasteiger partial charge in [-0.1, -0.05) is 24.3 Å². The summed E-state index contributed by atoms with van der Waals surface area (Å²) in [5.74, 6) is 0.0793. The molecule has 1 fully saturated rings. The van der Waals surface area contributed by atoms with Gasteiger partial charge < -0.3 is 10.0 Å². The highest BCUT2D eigenvalue weighted by molar-refractivity contribution is 7.17. The van der Waals surface area contributed by atoms with E-state index >= 15 is 0 Å². The van der Waals surface area contributed by atoms with Gasteiger partial charge in [-0.3, -0.25) is 4.79 Å². The summed E-state index contributed by atoms with van der Waals surface area (Å²) in [5, 5.41) is 9.78. The zero-order valence-electron chi connectivity index (χ0n) is 12.4. The lowest BCUT2D eigenvalue weighted by Gasteiger charge is -2.29. The molecule has 0 saturated carbocycles. The zero-order chi connectivity index (χ0) is 15.1. The molecule has 2 aromatic rings. The molecule has 4 heteroatoms. The second-order valence-corrected chi connectivity index (χ2v) is 7.22. The van der Waals surface area contributed by atoms with Crippen LogP contribution in [0.4, 0.5) is 0 Å². The number of β-amino-alcohol motifs (C(OH)–C–C–N with tert-alkyl or cyclic N) is 1. The Hall–Kier alpha value is -1.65. The molecule has 1 aromatic carbocycles. The lowest BCUT2D eigenvalue weighted by molar-refractivity contribution is 0.0477. The van der Waals surface area contributed by atoms with Crippen LogP contribution in [0.5, 0.6) is 0 Å². The molecule has 1 aromatic heterocycles. The van der Waals surface area contributed by atoms with E-state index in [-0.39, 0.29) is 12.0 Å². The van der Waals surface area contributed by atoms with E-state index in [2.05, 4.69) is 30.3 Å². The van der Waals surface area contributed by atoms with Crippen molar-refractivity contribution in [3.63, 3.8) is 0 Å². The predicted molar refractivity (Wildman–Crippen MR) is 88.3 cm³/mol. The van der Waals surface area contributed by atoms with Crippen LogP contribution in [-0.2, 0) is 12.8 Å². The summed E-state index contributed by atoms with van der Waals surface area (Å²) in [7, 11) is 0. The van der Waals surface area contributed by atoms with E-state index in [1.54, 1.807) is 16.2 Å². The number of amides is 1. The maximum Gasteiger partial charge on any atom is 0.264 e. The number of fused-ring (bicyclic) bond motifs is 3. The molecule has 0 radical (unpaired) electrons. The molecule has 4 rings (SSSR count). The Bertz CT molecular complexity index is 722. The molecule has 1 saturated heterocycles. The van der Waals surface area contributed by atoms with E-state index in [1.165, 1.54) is 21.6 Å². The van der Waals surface area contributed by atoms with Crippen LogP contribution in [0, 0.1) is 0 Å². The Morgan fingerprint density at radius 2 is 2.05 bits per heavy atom. The summed E-state index contributed by atoms with van der Waals surface area (Å²) in [4.78, 5) is 16.6. The van der Waals surface area contributed by atoms with Crippen LogP contribution < -0.4 is 0 Å². The minimum absolute atomic E-state index is 0.0793. The highest BCUT2D eigenvalue weighted by atomic mass is 32.1. The number of rotatable bonds is 1. The number of hydrogen-bond acceptors (Lipinski definition) is 3. The summed E-state index contributed by atoms with van der Waals surface area (Å²) in [6.07, 6.45) is 3.39. The van der Waals surface area contributed by atoms with Crippen molar-refractivity contribution >= 4 is 17.2 Å². The molecule has 2 aliphatic rings. The van der Waals surface area contributed by atoms with Crippen molar-refractivity contribution in [1.29, 1.82) is 0 Å². The molecular weight excluding hydrogens is 294 g/mol. The number of aliphatic hydroxyl groups excluding tert-OH is 1. The van der Waals surface area contributed by atoms with Crippen molar-refractivity contribution in [2.45, 2.75) is 31.8 Å². The molecule has 0 spiro atoms. The van der Waals surface area contributed by atoms with E-state index in [4.69, 9.17) is 0 Å². The summed E-state index contributed by atoms with van der Waals surface area (Å²) in [6, 6.07) is 10.6. The Labute approximate surface area is 134 Å². The monoisotopic (exact) mass is 313 g/mol. The molecule has 1 aliphatic carbocycles. The summed E-state index contributed by atoms with van der Waals surface area (Å²) in [6.45, 7) is 1.23. The van der Waals surface area contributed by atoms with Gasteiger partial charge >= 0.3 is 0 Å². The number of piperidine rings is 1. The van der Waals surface area contributed by atoms with E-state index in [0.29, 0.717) is 6.54 Å². The van der Waals surface area contributed by atoms with Crippen molar-refractivity contribution in [1.82, 2.24) is 4.90 Å². The van der Waals surface area contributed by atoms with Gasteiger partial charge in [0, 0.05) is 18.0 Å². The number of likely N-dealkylation sites (tertiary alicyclic amines) is 1. The second-order valence-electron chi connectivity index (χ2n) is 6.17. The van der Waals surface area contributed by atoms with Crippen LogP contribution in [0.2, 0.25) is 0 Å². The number of carbonyl (C=O) groups excluding carboxylic acids is 1. The molecule has 2 heterocycles. The molecule has 1 aliphatic heterocycles. The minimum atomic E-state index is -0.368. The van der Waals surface area contributed by atoms with E-state index in [0.717, 1.165) is 37.1 Å². The third kappa shape index (κ3) is 2.36. The molecule has 22 heavy (non-hydrogen) atoms. The zero-order valence-corrected chi connectivity index (χ0v) is 13.2. The first-order valence-corrected chi connectivity index (χ1v) is 8.72. The van der Waals surface area contributed by atoms with Crippen molar-refractivity contribution in [2.24, 2.45) is 0 Å². The average molecular weight is 313 g/mol. The first-order valence-electron chi connectivity index (χ1n) is 7.90. The molecule has 1 N–H and O–H groups in total. The Kier molecular flexibility index (Phi) is 3.51. The third-order valence-electron chi connectivity index (χ3n) is 4.63. The third-order valence-corrected chi connectivity index (χ3v) is 5.83. The van der Waals surface area contributed by atoms with Gasteiger partial charge in [0.25, 0.3) is 5.91 Å². The largest absolute Gasteiger partial charge is 0.391 e. The molecule has 3 nitrogen and oxygen atoms in total. The van der Waals surface area contributed by atoms with Gasteiger partial charge in [0.1, 0.15) is 0 Å². The molecule has 1 amide bonds. The number of aliphatic hydroxyl groups is 1. The first kappa shape index (κ1) is 14.0. The summed E-state index contributed by atoms with van der Waals surface area (Å²) in [5.41, 5.74) is 3.96. The molecular formula is C18H19NO2S. The van der Waals surface area contributed by atoms with Crippen LogP contribution in [-0.4, -0.2) is 35.1 Å². The number of thiophene rings is 1. The summed E-state index contributed by atoms with van der Waals surface area (Å²) >= 11 is 1.61. The van der Waals surface area contributed by atoms with E-state index in [9.17, 15) is 9.90 Å². The number of carbonyl (C=O) groups is 1. The van der Waals surface area contributed by atoms with E-state index < -0.39 is 0 Å². The molecule has 1 unspecified atom stereocenters. The predicted octanol–water partition coefficient (Wildman–Crippen LogP) is 3.11. The quantitative estimate of drug-likeness (QED) is 0.879. The van der Waals surface area contributed by atoms with Gasteiger partial charge in [0.2, 0.25) is 0 Å². The Morgan fingerprint density at radius 1 is 1.23 bits per heavy atom. The lowest BCUT2D eigenvalue weighted by Crippen LogP contribution is -2.41.